The molecule has 2 N–H and O–H groups in total. The van der Waals surface area contributed by atoms with Gasteiger partial charge in [-0.25, -0.2) is 9.97 Å². The molecule has 4 heterocycles. The molecule has 3 aromatic rings. The van der Waals surface area contributed by atoms with Gasteiger partial charge in [0.15, 0.2) is 11.5 Å². The number of hydrogen-bond acceptors (Lipinski definition) is 6. The molecule has 1 atom stereocenters. The highest BCUT2D eigenvalue weighted by atomic mass is 32.1. The van der Waals surface area contributed by atoms with Crippen LogP contribution in [0, 0.1) is 6.92 Å². The van der Waals surface area contributed by atoms with Crippen LogP contribution < -0.4 is 5.32 Å². The smallest absolute Gasteiger partial charge is 0.265 e. The van der Waals surface area contributed by atoms with Crippen molar-refractivity contribution in [2.75, 3.05) is 18.4 Å². The Morgan fingerprint density at radius 1 is 1.42 bits per heavy atom. The van der Waals surface area contributed by atoms with Crippen LogP contribution in [0.4, 0.5) is 5.82 Å². The lowest BCUT2D eigenvalue weighted by molar-refractivity contribution is 0.0794. The highest BCUT2D eigenvalue weighted by Crippen LogP contribution is 2.30. The number of amides is 1. The molecule has 136 valence electrons. The molecule has 0 aromatic carbocycles. The molecule has 0 unspecified atom stereocenters. The first kappa shape index (κ1) is 17.0. The number of likely N-dealkylation sites (tertiary alicyclic amines) is 1. The van der Waals surface area contributed by atoms with Crippen molar-refractivity contribution < 1.29 is 4.79 Å². The minimum atomic E-state index is 0.0820. The summed E-state index contributed by atoms with van der Waals surface area (Å²) in [7, 11) is 0. The van der Waals surface area contributed by atoms with Crippen molar-refractivity contribution in [2.45, 2.75) is 39.2 Å². The molecule has 3 aromatic heterocycles. The van der Waals surface area contributed by atoms with Crippen molar-refractivity contribution in [1.29, 1.82) is 0 Å². The Morgan fingerprint density at radius 3 is 3.00 bits per heavy atom. The summed E-state index contributed by atoms with van der Waals surface area (Å²) < 4.78 is 0. The molecule has 0 bridgehead atoms. The van der Waals surface area contributed by atoms with Crippen LogP contribution in [0.25, 0.3) is 11.0 Å². The number of carbonyl (C=O) groups excluding carboxylic acids is 1. The number of aromatic amines is 1. The molecule has 0 saturated carbocycles. The predicted molar refractivity (Wildman–Crippen MR) is 103 cm³/mol. The number of aryl methyl sites for hydroxylation is 1. The van der Waals surface area contributed by atoms with Crippen molar-refractivity contribution in [2.24, 2.45) is 0 Å². The SMILES string of the molecule is Cc1ncsc1C(=O)N1CC[C@H](c2ccc3c(NC(C)C)n[nH]c3n2)C1. The molecule has 1 amide bonds. The maximum absolute atomic E-state index is 12.7. The summed E-state index contributed by atoms with van der Waals surface area (Å²) in [4.78, 5) is 24.3. The van der Waals surface area contributed by atoms with Crippen molar-refractivity contribution >= 4 is 34.1 Å². The normalized spacial score (nSPS) is 17.4. The van der Waals surface area contributed by atoms with Gasteiger partial charge in [-0.3, -0.25) is 9.89 Å². The quantitative estimate of drug-likeness (QED) is 0.737. The van der Waals surface area contributed by atoms with Crippen molar-refractivity contribution in [3.8, 4) is 0 Å². The molecular formula is C18H22N6OS. The number of H-pyrrole nitrogens is 1. The number of nitrogens with one attached hydrogen (secondary N) is 2. The summed E-state index contributed by atoms with van der Waals surface area (Å²) in [6, 6.07) is 4.43. The summed E-state index contributed by atoms with van der Waals surface area (Å²) in [5.41, 5.74) is 4.33. The van der Waals surface area contributed by atoms with Crippen molar-refractivity contribution in [3.05, 3.63) is 33.9 Å². The Balaban J connectivity index is 1.52. The Bertz CT molecular complexity index is 946. The number of thiazole rings is 1. The number of hydrogen-bond donors (Lipinski definition) is 2. The summed E-state index contributed by atoms with van der Waals surface area (Å²) in [5.74, 6) is 1.16. The molecule has 1 aliphatic heterocycles. The molecule has 0 radical (unpaired) electrons. The van der Waals surface area contributed by atoms with Gasteiger partial charge in [0, 0.05) is 30.7 Å². The largest absolute Gasteiger partial charge is 0.366 e. The highest BCUT2D eigenvalue weighted by molar-refractivity contribution is 7.11. The van der Waals surface area contributed by atoms with E-state index in [4.69, 9.17) is 4.98 Å². The highest BCUT2D eigenvalue weighted by Gasteiger charge is 2.30. The second-order valence-corrected chi connectivity index (χ2v) is 7.86. The number of nitrogens with zero attached hydrogens (tertiary/aromatic N) is 4. The van der Waals surface area contributed by atoms with E-state index in [1.807, 2.05) is 11.8 Å². The van der Waals surface area contributed by atoms with Crippen LogP contribution in [0.1, 0.15) is 47.2 Å². The van der Waals surface area contributed by atoms with E-state index in [9.17, 15) is 4.79 Å². The molecule has 7 nitrogen and oxygen atoms in total. The molecule has 1 fully saturated rings. The zero-order chi connectivity index (χ0) is 18.3. The molecule has 0 spiro atoms. The average Bonchev–Trinajstić information content (AvgIpc) is 3.33. The Kier molecular flexibility index (Phi) is 4.36. The van der Waals surface area contributed by atoms with Crippen LogP contribution in [0.3, 0.4) is 0 Å². The molecule has 4 rings (SSSR count). The van der Waals surface area contributed by atoms with Crippen molar-refractivity contribution in [1.82, 2.24) is 25.1 Å². The molecule has 26 heavy (non-hydrogen) atoms. The third-order valence-electron chi connectivity index (χ3n) is 4.70. The van der Waals surface area contributed by atoms with E-state index in [-0.39, 0.29) is 11.8 Å². The second-order valence-electron chi connectivity index (χ2n) is 7.01. The fraction of sp³-hybridized carbons (Fsp3) is 0.444. The van der Waals surface area contributed by atoms with Gasteiger partial charge in [0.05, 0.1) is 16.6 Å². The number of anilines is 1. The summed E-state index contributed by atoms with van der Waals surface area (Å²) in [6.45, 7) is 7.49. The summed E-state index contributed by atoms with van der Waals surface area (Å²) >= 11 is 1.41. The Labute approximate surface area is 155 Å². The number of fused-ring (bicyclic) bond motifs is 1. The van der Waals surface area contributed by atoms with Gasteiger partial charge in [-0.15, -0.1) is 11.3 Å². The van der Waals surface area contributed by atoms with E-state index in [0.717, 1.165) is 46.1 Å². The fourth-order valence-corrected chi connectivity index (χ4v) is 4.14. The van der Waals surface area contributed by atoms with E-state index >= 15 is 0 Å². The van der Waals surface area contributed by atoms with Crippen LogP contribution in [-0.4, -0.2) is 50.1 Å². The van der Waals surface area contributed by atoms with Gasteiger partial charge in [-0.1, -0.05) is 0 Å². The summed E-state index contributed by atoms with van der Waals surface area (Å²) in [5, 5.41) is 11.6. The number of pyridine rings is 1. The molecule has 8 heteroatoms. The van der Waals surface area contributed by atoms with Gasteiger partial charge in [0.2, 0.25) is 0 Å². The maximum atomic E-state index is 12.7. The lowest BCUT2D eigenvalue weighted by Gasteiger charge is -2.15. The minimum absolute atomic E-state index is 0.0820. The molecular weight excluding hydrogens is 348 g/mol. The van der Waals surface area contributed by atoms with E-state index in [1.165, 1.54) is 11.3 Å². The first-order valence-corrected chi connectivity index (χ1v) is 9.72. The predicted octanol–water partition coefficient (Wildman–Crippen LogP) is 3.17. The molecule has 0 aliphatic carbocycles. The van der Waals surface area contributed by atoms with Crippen LogP contribution >= 0.6 is 11.3 Å². The first-order valence-electron chi connectivity index (χ1n) is 8.84. The average molecular weight is 370 g/mol. The second kappa shape index (κ2) is 6.68. The van der Waals surface area contributed by atoms with E-state index in [0.29, 0.717) is 12.6 Å². The number of carbonyl (C=O) groups is 1. The van der Waals surface area contributed by atoms with Crippen LogP contribution in [-0.2, 0) is 0 Å². The zero-order valence-corrected chi connectivity index (χ0v) is 15.9. The topological polar surface area (TPSA) is 86.8 Å². The Morgan fingerprint density at radius 2 is 2.27 bits per heavy atom. The number of rotatable bonds is 4. The maximum Gasteiger partial charge on any atom is 0.265 e. The van der Waals surface area contributed by atoms with Gasteiger partial charge < -0.3 is 10.2 Å². The van der Waals surface area contributed by atoms with Gasteiger partial charge in [-0.05, 0) is 39.3 Å². The van der Waals surface area contributed by atoms with Gasteiger partial charge in [-0.2, -0.15) is 5.10 Å². The molecule has 1 saturated heterocycles. The standard InChI is InChI=1S/C18H22N6OS/c1-10(2)20-16-13-4-5-14(21-17(13)23-22-16)12-6-7-24(8-12)18(25)15-11(3)19-9-26-15/h4-5,9-10,12H,6-8H2,1-3H3,(H2,20,21,22,23)/t12-/m0/s1. The first-order chi connectivity index (χ1) is 12.5. The van der Waals surface area contributed by atoms with E-state index in [2.05, 4.69) is 46.5 Å². The Hall–Kier alpha value is -2.48. The summed E-state index contributed by atoms with van der Waals surface area (Å²) in [6.07, 6.45) is 0.924. The van der Waals surface area contributed by atoms with Crippen LogP contribution in [0.2, 0.25) is 0 Å². The van der Waals surface area contributed by atoms with Gasteiger partial charge in [0.25, 0.3) is 5.91 Å². The third-order valence-corrected chi connectivity index (χ3v) is 5.62. The van der Waals surface area contributed by atoms with E-state index in [1.54, 1.807) is 5.51 Å². The lowest BCUT2D eigenvalue weighted by Crippen LogP contribution is -2.28. The van der Waals surface area contributed by atoms with Crippen molar-refractivity contribution in [3.63, 3.8) is 0 Å². The lowest BCUT2D eigenvalue weighted by atomic mass is 10.0. The monoisotopic (exact) mass is 370 g/mol. The van der Waals surface area contributed by atoms with Crippen LogP contribution in [0.15, 0.2) is 17.6 Å². The van der Waals surface area contributed by atoms with Gasteiger partial charge in [0.1, 0.15) is 4.88 Å². The van der Waals surface area contributed by atoms with Gasteiger partial charge >= 0.3 is 0 Å². The molecule has 1 aliphatic rings. The third kappa shape index (κ3) is 3.05. The minimum Gasteiger partial charge on any atom is -0.366 e. The zero-order valence-electron chi connectivity index (χ0n) is 15.1. The number of aromatic nitrogens is 4. The fourth-order valence-electron chi connectivity index (χ4n) is 3.37. The van der Waals surface area contributed by atoms with E-state index < -0.39 is 0 Å². The van der Waals surface area contributed by atoms with Crippen LogP contribution in [0.5, 0.6) is 0 Å².